The summed E-state index contributed by atoms with van der Waals surface area (Å²) in [5.41, 5.74) is 4.31. The fourth-order valence-corrected chi connectivity index (χ4v) is 4.66. The van der Waals surface area contributed by atoms with Gasteiger partial charge in [0, 0.05) is 23.4 Å². The summed E-state index contributed by atoms with van der Waals surface area (Å²) in [7, 11) is 0. The lowest BCUT2D eigenvalue weighted by molar-refractivity contribution is -0.680. The topological polar surface area (TPSA) is 76.3 Å². The first-order chi connectivity index (χ1) is 20.1. The Kier molecular flexibility index (Phi) is 11.5. The maximum Gasteiger partial charge on any atom is 0.421 e. The monoisotopic (exact) mass is 556 g/mol. The van der Waals surface area contributed by atoms with Crippen LogP contribution in [-0.2, 0) is 43.8 Å². The predicted molar refractivity (Wildman–Crippen MR) is 161 cm³/mol. The fraction of sp³-hybridized carbons (Fsp3) is 0.438. The molecule has 0 atom stereocenters. The van der Waals surface area contributed by atoms with E-state index in [4.69, 9.17) is 4.74 Å². The molecule has 0 N–H and O–H groups in total. The van der Waals surface area contributed by atoms with E-state index in [1.807, 2.05) is 49.1 Å². The van der Waals surface area contributed by atoms with Crippen molar-refractivity contribution in [3.05, 3.63) is 84.4 Å². The summed E-state index contributed by atoms with van der Waals surface area (Å²) in [4.78, 5) is 0. The van der Waals surface area contributed by atoms with Crippen LogP contribution in [0.15, 0.2) is 93.8 Å². The standard InChI is InChI=1S/C32H44N8O/c1-5-37-21-22-38(6-2)31(37)35-33-29-17-13-27(14-18-29)11-9-25-41-26-10-12-28-15-19-30(20-16-28)34-36-32-39(7-3)23-24-40(32)8-4/h13-24H,5-12,25-26H2,1-4H3/q+2. The second kappa shape index (κ2) is 15.7. The number of imidazole rings is 2. The molecule has 4 aromatic rings. The van der Waals surface area contributed by atoms with Crippen LogP contribution in [0.2, 0.25) is 0 Å². The van der Waals surface area contributed by atoms with E-state index >= 15 is 0 Å². The van der Waals surface area contributed by atoms with E-state index in [1.165, 1.54) is 11.1 Å². The van der Waals surface area contributed by atoms with Crippen molar-refractivity contribution in [1.82, 2.24) is 9.13 Å². The smallest absolute Gasteiger partial charge is 0.381 e. The molecule has 216 valence electrons. The Morgan fingerprint density at radius 3 is 1.37 bits per heavy atom. The van der Waals surface area contributed by atoms with Crippen molar-refractivity contribution in [2.75, 3.05) is 13.2 Å². The molecule has 0 aliphatic heterocycles. The number of nitrogens with zero attached hydrogens (tertiary/aromatic N) is 8. The van der Waals surface area contributed by atoms with Crippen LogP contribution in [0.5, 0.6) is 0 Å². The minimum atomic E-state index is 0.767. The summed E-state index contributed by atoms with van der Waals surface area (Å²) in [6, 6.07) is 16.7. The molecule has 9 heteroatoms. The Bertz CT molecular complexity index is 1250. The van der Waals surface area contributed by atoms with Crippen LogP contribution in [0, 0.1) is 0 Å². The number of hydrogen-bond donors (Lipinski definition) is 0. The highest BCUT2D eigenvalue weighted by atomic mass is 16.5. The van der Waals surface area contributed by atoms with E-state index in [-0.39, 0.29) is 0 Å². The third-order valence-electron chi connectivity index (χ3n) is 7.13. The normalized spacial score (nSPS) is 11.8. The zero-order chi connectivity index (χ0) is 28.9. The molecule has 0 saturated carbocycles. The van der Waals surface area contributed by atoms with Gasteiger partial charge in [-0.05, 0) is 88.8 Å². The largest absolute Gasteiger partial charge is 0.421 e. The first kappa shape index (κ1) is 30.0. The predicted octanol–water partition coefficient (Wildman–Crippen LogP) is 7.36. The molecular weight excluding hydrogens is 512 g/mol. The third-order valence-corrected chi connectivity index (χ3v) is 7.13. The first-order valence-electron chi connectivity index (χ1n) is 14.9. The molecule has 0 radical (unpaired) electrons. The minimum absolute atomic E-state index is 0.767. The molecule has 0 fully saturated rings. The van der Waals surface area contributed by atoms with Crippen molar-refractivity contribution < 1.29 is 13.9 Å². The molecule has 2 heterocycles. The van der Waals surface area contributed by atoms with E-state index in [0.29, 0.717) is 0 Å². The molecule has 0 bridgehead atoms. The van der Waals surface area contributed by atoms with Crippen LogP contribution in [0.1, 0.15) is 51.7 Å². The number of aromatic nitrogens is 4. The first-order valence-corrected chi connectivity index (χ1v) is 14.9. The minimum Gasteiger partial charge on any atom is -0.381 e. The Labute approximate surface area is 243 Å². The third kappa shape index (κ3) is 8.50. The molecule has 0 spiro atoms. The molecular formula is C32H44N8O+2. The van der Waals surface area contributed by atoms with Gasteiger partial charge in [-0.3, -0.25) is 0 Å². The van der Waals surface area contributed by atoms with Gasteiger partial charge in [0.15, 0.2) is 0 Å². The van der Waals surface area contributed by atoms with Gasteiger partial charge in [0.25, 0.3) is 0 Å². The highest BCUT2D eigenvalue weighted by molar-refractivity contribution is 5.39. The molecule has 0 unspecified atom stereocenters. The Morgan fingerprint density at radius 1 is 0.585 bits per heavy atom. The van der Waals surface area contributed by atoms with Gasteiger partial charge >= 0.3 is 11.9 Å². The van der Waals surface area contributed by atoms with Crippen molar-refractivity contribution in [2.24, 2.45) is 20.5 Å². The van der Waals surface area contributed by atoms with Gasteiger partial charge in [0.05, 0.1) is 51.0 Å². The Balaban J connectivity index is 1.13. The summed E-state index contributed by atoms with van der Waals surface area (Å²) < 4.78 is 14.3. The van der Waals surface area contributed by atoms with Gasteiger partial charge in [-0.2, -0.15) is 0 Å². The molecule has 2 aromatic carbocycles. The van der Waals surface area contributed by atoms with Gasteiger partial charge in [-0.15, -0.1) is 0 Å². The lowest BCUT2D eigenvalue weighted by atomic mass is 10.1. The highest BCUT2D eigenvalue weighted by Gasteiger charge is 2.15. The zero-order valence-electron chi connectivity index (χ0n) is 25.0. The van der Waals surface area contributed by atoms with Crippen molar-refractivity contribution in [3.63, 3.8) is 0 Å². The van der Waals surface area contributed by atoms with E-state index in [1.54, 1.807) is 0 Å². The van der Waals surface area contributed by atoms with Crippen LogP contribution < -0.4 is 9.13 Å². The second-order valence-electron chi connectivity index (χ2n) is 9.89. The number of ether oxygens (including phenoxy) is 1. The molecule has 0 aliphatic carbocycles. The number of rotatable bonds is 16. The maximum absolute atomic E-state index is 5.90. The lowest BCUT2D eigenvalue weighted by Gasteiger charge is -2.05. The van der Waals surface area contributed by atoms with Gasteiger partial charge in [0.2, 0.25) is 0 Å². The summed E-state index contributed by atoms with van der Waals surface area (Å²) in [6.07, 6.45) is 12.2. The van der Waals surface area contributed by atoms with Gasteiger partial charge in [-0.25, -0.2) is 18.3 Å². The summed E-state index contributed by atoms with van der Waals surface area (Å²) in [5, 5.41) is 17.9. The molecule has 0 amide bonds. The van der Waals surface area contributed by atoms with E-state index in [0.717, 1.165) is 88.3 Å². The number of azo groups is 2. The van der Waals surface area contributed by atoms with Crippen LogP contribution in [0.3, 0.4) is 0 Å². The highest BCUT2D eigenvalue weighted by Crippen LogP contribution is 2.19. The van der Waals surface area contributed by atoms with Crippen molar-refractivity contribution in [3.8, 4) is 0 Å². The van der Waals surface area contributed by atoms with Crippen LogP contribution in [-0.4, -0.2) is 22.3 Å². The molecule has 0 aliphatic rings. The number of benzene rings is 2. The van der Waals surface area contributed by atoms with E-state index < -0.39 is 0 Å². The average molecular weight is 557 g/mol. The van der Waals surface area contributed by atoms with E-state index in [2.05, 4.69) is 90.7 Å². The summed E-state index contributed by atoms with van der Waals surface area (Å²) in [6.45, 7) is 13.5. The number of hydrogen-bond acceptors (Lipinski definition) is 5. The summed E-state index contributed by atoms with van der Waals surface area (Å²) in [5.74, 6) is 1.75. The Morgan fingerprint density at radius 2 is 1.00 bits per heavy atom. The quantitative estimate of drug-likeness (QED) is 0.0807. The molecule has 9 nitrogen and oxygen atoms in total. The van der Waals surface area contributed by atoms with Crippen LogP contribution >= 0.6 is 0 Å². The van der Waals surface area contributed by atoms with E-state index in [9.17, 15) is 0 Å². The van der Waals surface area contributed by atoms with Crippen molar-refractivity contribution in [1.29, 1.82) is 0 Å². The van der Waals surface area contributed by atoms with Crippen LogP contribution in [0.4, 0.5) is 23.3 Å². The van der Waals surface area contributed by atoms with Crippen LogP contribution in [0.25, 0.3) is 0 Å². The van der Waals surface area contributed by atoms with Gasteiger partial charge in [-0.1, -0.05) is 34.5 Å². The van der Waals surface area contributed by atoms with Crippen molar-refractivity contribution in [2.45, 2.75) is 79.6 Å². The molecule has 41 heavy (non-hydrogen) atoms. The SMILES string of the molecule is CCn1cc[n+](CC)c1N=Nc1ccc(CCCOCCCc2ccc(N=Nc3n(CC)cc[n+]3CC)cc2)cc1. The average Bonchev–Trinajstić information content (AvgIpc) is 3.62. The molecule has 4 rings (SSSR count). The molecule has 0 saturated heterocycles. The number of aryl methyl sites for hydroxylation is 6. The van der Waals surface area contributed by atoms with Crippen molar-refractivity contribution >= 4 is 23.3 Å². The lowest BCUT2D eigenvalue weighted by Crippen LogP contribution is -2.30. The Hall–Kier alpha value is -3.98. The fourth-order valence-electron chi connectivity index (χ4n) is 4.66. The second-order valence-corrected chi connectivity index (χ2v) is 9.89. The summed E-state index contributed by atoms with van der Waals surface area (Å²) >= 11 is 0. The van der Waals surface area contributed by atoms with Gasteiger partial charge < -0.3 is 4.74 Å². The zero-order valence-corrected chi connectivity index (χ0v) is 25.0. The van der Waals surface area contributed by atoms with Gasteiger partial charge in [0.1, 0.15) is 11.4 Å². The molecule has 2 aromatic heterocycles. The maximum atomic E-state index is 5.90.